The van der Waals surface area contributed by atoms with Crippen molar-refractivity contribution in [3.05, 3.63) is 23.9 Å². The van der Waals surface area contributed by atoms with Crippen LogP contribution in [0.4, 0.5) is 0 Å². The first-order valence-corrected chi connectivity index (χ1v) is 7.20. The summed E-state index contributed by atoms with van der Waals surface area (Å²) in [7, 11) is 0. The van der Waals surface area contributed by atoms with Crippen LogP contribution in [-0.2, 0) is 11.3 Å². The van der Waals surface area contributed by atoms with Crippen LogP contribution >= 0.6 is 24.0 Å². The predicted octanol–water partition coefficient (Wildman–Crippen LogP) is 2.07. The third-order valence-electron chi connectivity index (χ3n) is 2.91. The Morgan fingerprint density at radius 3 is 2.95 bits per heavy atom. The Balaban J connectivity index is 0.00000242. The van der Waals surface area contributed by atoms with Gasteiger partial charge in [-0.1, -0.05) is 0 Å². The molecule has 2 rings (SSSR count). The Morgan fingerprint density at radius 2 is 2.32 bits per heavy atom. The smallest absolute Gasteiger partial charge is 0.213 e. The van der Waals surface area contributed by atoms with E-state index in [2.05, 4.69) is 15.3 Å². The fourth-order valence-electron chi connectivity index (χ4n) is 1.99. The molecule has 0 aliphatic carbocycles. The lowest BCUT2D eigenvalue weighted by Gasteiger charge is -2.21. The zero-order chi connectivity index (χ0) is 15.3. The summed E-state index contributed by atoms with van der Waals surface area (Å²) in [5.74, 6) is 1.05. The quantitative estimate of drug-likeness (QED) is 0.443. The number of guanidine groups is 1. The molecule has 124 valence electrons. The summed E-state index contributed by atoms with van der Waals surface area (Å²) in [6, 6.07) is 3.80. The second-order valence-electron chi connectivity index (χ2n) is 6.18. The van der Waals surface area contributed by atoms with Gasteiger partial charge in [0.25, 0.3) is 0 Å². The maximum atomic E-state index is 5.85. The number of halogens is 1. The molecule has 0 bridgehead atoms. The molecule has 7 heteroatoms. The highest BCUT2D eigenvalue weighted by molar-refractivity contribution is 14.0. The summed E-state index contributed by atoms with van der Waals surface area (Å²) >= 11 is 0. The number of hydrogen-bond donors (Lipinski definition) is 2. The second-order valence-corrected chi connectivity index (χ2v) is 6.18. The molecular weight excluding hydrogens is 395 g/mol. The van der Waals surface area contributed by atoms with Gasteiger partial charge in [0.15, 0.2) is 5.96 Å². The van der Waals surface area contributed by atoms with Gasteiger partial charge in [-0.3, -0.25) is 0 Å². The van der Waals surface area contributed by atoms with Crippen molar-refractivity contribution in [2.45, 2.75) is 45.4 Å². The van der Waals surface area contributed by atoms with Gasteiger partial charge in [0.2, 0.25) is 5.88 Å². The van der Waals surface area contributed by atoms with Crippen LogP contribution in [0.2, 0.25) is 0 Å². The molecule has 1 atom stereocenters. The van der Waals surface area contributed by atoms with Gasteiger partial charge < -0.3 is 20.5 Å². The molecule has 1 fully saturated rings. The number of pyridine rings is 1. The van der Waals surface area contributed by atoms with E-state index in [1.54, 1.807) is 6.20 Å². The average molecular weight is 420 g/mol. The topological polar surface area (TPSA) is 81.8 Å². The first-order chi connectivity index (χ1) is 9.92. The predicted molar refractivity (Wildman–Crippen MR) is 97.7 cm³/mol. The molecule has 1 unspecified atom stereocenters. The largest absolute Gasteiger partial charge is 0.472 e. The van der Waals surface area contributed by atoms with Crippen LogP contribution in [0.3, 0.4) is 0 Å². The molecule has 0 spiro atoms. The van der Waals surface area contributed by atoms with Gasteiger partial charge >= 0.3 is 0 Å². The van der Waals surface area contributed by atoms with Crippen LogP contribution in [0.15, 0.2) is 23.3 Å². The molecule has 0 aromatic carbocycles. The fraction of sp³-hybridized carbons (Fsp3) is 0.600. The minimum atomic E-state index is -0.0947. The van der Waals surface area contributed by atoms with Crippen LogP contribution < -0.4 is 15.8 Å². The van der Waals surface area contributed by atoms with Crippen molar-refractivity contribution < 1.29 is 9.47 Å². The molecule has 0 radical (unpaired) electrons. The molecule has 22 heavy (non-hydrogen) atoms. The van der Waals surface area contributed by atoms with Gasteiger partial charge in [0.05, 0.1) is 19.8 Å². The number of aliphatic imine (C=N–C) groups is 1. The molecular formula is C15H25IN4O2. The van der Waals surface area contributed by atoms with E-state index < -0.39 is 0 Å². The Hall–Kier alpha value is -1.09. The van der Waals surface area contributed by atoms with Crippen LogP contribution in [-0.4, -0.2) is 35.8 Å². The monoisotopic (exact) mass is 420 g/mol. The highest BCUT2D eigenvalue weighted by Gasteiger charge is 2.17. The van der Waals surface area contributed by atoms with Crippen LogP contribution in [0.5, 0.6) is 5.88 Å². The van der Waals surface area contributed by atoms with Crippen molar-refractivity contribution >= 4 is 29.9 Å². The van der Waals surface area contributed by atoms with E-state index in [1.807, 2.05) is 32.9 Å². The van der Waals surface area contributed by atoms with Gasteiger partial charge in [-0.05, 0) is 32.4 Å². The lowest BCUT2D eigenvalue weighted by Crippen LogP contribution is -2.44. The minimum absolute atomic E-state index is 0. The Labute approximate surface area is 148 Å². The molecule has 0 amide bonds. The van der Waals surface area contributed by atoms with Gasteiger partial charge in [-0.15, -0.1) is 24.0 Å². The van der Waals surface area contributed by atoms with E-state index in [0.717, 1.165) is 18.6 Å². The molecule has 1 aliphatic heterocycles. The molecule has 6 nitrogen and oxygen atoms in total. The zero-order valence-corrected chi connectivity index (χ0v) is 15.7. The normalized spacial score (nSPS) is 18.7. The summed E-state index contributed by atoms with van der Waals surface area (Å²) in [6.45, 7) is 8.00. The van der Waals surface area contributed by atoms with Gasteiger partial charge in [-0.25, -0.2) is 9.98 Å². The van der Waals surface area contributed by atoms with Crippen molar-refractivity contribution in [1.29, 1.82) is 0 Å². The highest BCUT2D eigenvalue weighted by atomic mass is 127. The summed E-state index contributed by atoms with van der Waals surface area (Å²) in [5.41, 5.74) is 6.77. The minimum Gasteiger partial charge on any atom is -0.472 e. The Bertz CT molecular complexity index is 497. The van der Waals surface area contributed by atoms with Gasteiger partial charge in [0.1, 0.15) is 6.10 Å². The Kier molecular flexibility index (Phi) is 7.34. The van der Waals surface area contributed by atoms with Crippen molar-refractivity contribution in [2.75, 3.05) is 13.2 Å². The van der Waals surface area contributed by atoms with Crippen LogP contribution in [0.1, 0.15) is 32.8 Å². The lowest BCUT2D eigenvalue weighted by atomic mass is 10.1. The molecule has 0 saturated carbocycles. The average Bonchev–Trinajstić information content (AvgIpc) is 2.88. The number of nitrogens with one attached hydrogen (secondary N) is 1. The van der Waals surface area contributed by atoms with Gasteiger partial charge in [0, 0.05) is 24.2 Å². The highest BCUT2D eigenvalue weighted by Crippen LogP contribution is 2.16. The Morgan fingerprint density at radius 1 is 1.55 bits per heavy atom. The van der Waals surface area contributed by atoms with Crippen molar-refractivity contribution in [2.24, 2.45) is 10.7 Å². The molecule has 1 aliphatic rings. The molecule has 1 aromatic heterocycles. The van der Waals surface area contributed by atoms with Crippen LogP contribution in [0.25, 0.3) is 0 Å². The molecule has 1 saturated heterocycles. The fourth-order valence-corrected chi connectivity index (χ4v) is 1.99. The number of nitrogens with two attached hydrogens (primary N) is 1. The number of hydrogen-bond acceptors (Lipinski definition) is 4. The SMILES string of the molecule is CC(C)(C)NC(N)=NCc1ccnc(OC2CCOC2)c1.I. The van der Waals surface area contributed by atoms with E-state index in [9.17, 15) is 0 Å². The van der Waals surface area contributed by atoms with E-state index in [4.69, 9.17) is 15.2 Å². The summed E-state index contributed by atoms with van der Waals surface area (Å²) in [4.78, 5) is 8.54. The first kappa shape index (κ1) is 19.0. The molecule has 2 heterocycles. The van der Waals surface area contributed by atoms with Crippen LogP contribution in [0, 0.1) is 0 Å². The number of nitrogens with zero attached hydrogens (tertiary/aromatic N) is 2. The molecule has 3 N–H and O–H groups in total. The number of aromatic nitrogens is 1. The molecule has 1 aromatic rings. The zero-order valence-electron chi connectivity index (χ0n) is 13.3. The number of ether oxygens (including phenoxy) is 2. The van der Waals surface area contributed by atoms with E-state index in [1.165, 1.54) is 0 Å². The summed E-state index contributed by atoms with van der Waals surface area (Å²) < 4.78 is 11.1. The van der Waals surface area contributed by atoms with Crippen molar-refractivity contribution in [3.8, 4) is 5.88 Å². The lowest BCUT2D eigenvalue weighted by molar-refractivity contribution is 0.138. The summed E-state index contributed by atoms with van der Waals surface area (Å²) in [5, 5.41) is 3.13. The van der Waals surface area contributed by atoms with E-state index in [0.29, 0.717) is 25.0 Å². The number of rotatable bonds is 4. The maximum absolute atomic E-state index is 5.85. The van der Waals surface area contributed by atoms with Gasteiger partial charge in [-0.2, -0.15) is 0 Å². The third kappa shape index (κ3) is 6.78. The third-order valence-corrected chi connectivity index (χ3v) is 2.91. The van der Waals surface area contributed by atoms with Crippen molar-refractivity contribution in [1.82, 2.24) is 10.3 Å². The second kappa shape index (κ2) is 8.52. The van der Waals surface area contributed by atoms with E-state index in [-0.39, 0.29) is 35.6 Å². The standard InChI is InChI=1S/C15H24N4O2.HI/c1-15(2,3)19-14(16)18-9-11-4-6-17-13(8-11)21-12-5-7-20-10-12;/h4,6,8,12H,5,7,9-10H2,1-3H3,(H3,16,18,19);1H. The first-order valence-electron chi connectivity index (χ1n) is 7.20. The summed E-state index contributed by atoms with van der Waals surface area (Å²) in [6.07, 6.45) is 2.74. The van der Waals surface area contributed by atoms with Crippen molar-refractivity contribution in [3.63, 3.8) is 0 Å². The van der Waals surface area contributed by atoms with E-state index >= 15 is 0 Å². The maximum Gasteiger partial charge on any atom is 0.213 e.